The highest BCUT2D eigenvalue weighted by atomic mass is 16.1. The van der Waals surface area contributed by atoms with Gasteiger partial charge in [-0.2, -0.15) is 5.10 Å². The van der Waals surface area contributed by atoms with Crippen LogP contribution in [0.4, 0.5) is 0 Å². The third kappa shape index (κ3) is 2.44. The van der Waals surface area contributed by atoms with E-state index >= 15 is 0 Å². The molecule has 1 aromatic heterocycles. The first-order chi connectivity index (χ1) is 9.28. The lowest BCUT2D eigenvalue weighted by molar-refractivity contribution is -0.117. The molecule has 1 amide bonds. The summed E-state index contributed by atoms with van der Waals surface area (Å²) in [6.07, 6.45) is 11.8. The van der Waals surface area contributed by atoms with Gasteiger partial charge in [0.05, 0.1) is 17.8 Å². The minimum atomic E-state index is -0.103. The molecule has 1 atom stereocenters. The smallest absolute Gasteiger partial charge is 0.243 e. The fraction of sp³-hybridized carbons (Fsp3) is 0.600. The van der Waals surface area contributed by atoms with Crippen molar-refractivity contribution in [3.8, 4) is 0 Å². The first-order valence-corrected chi connectivity index (χ1v) is 7.29. The Morgan fingerprint density at radius 2 is 2.16 bits per heavy atom. The Morgan fingerprint density at radius 1 is 1.37 bits per heavy atom. The molecule has 102 valence electrons. The highest BCUT2D eigenvalue weighted by Crippen LogP contribution is 2.33. The van der Waals surface area contributed by atoms with Crippen molar-refractivity contribution in [2.24, 2.45) is 0 Å². The summed E-state index contributed by atoms with van der Waals surface area (Å²) in [7, 11) is 0. The Morgan fingerprint density at radius 3 is 2.89 bits per heavy atom. The minimum Gasteiger partial charge on any atom is -0.344 e. The van der Waals surface area contributed by atoms with Crippen LogP contribution in [0.25, 0.3) is 0 Å². The first kappa shape index (κ1) is 12.5. The summed E-state index contributed by atoms with van der Waals surface area (Å²) < 4.78 is 2.15. The molecule has 1 saturated carbocycles. The zero-order chi connectivity index (χ0) is 13.2. The molecule has 4 heteroatoms. The number of nitrogens with zero attached hydrogens (tertiary/aromatic N) is 2. The van der Waals surface area contributed by atoms with Gasteiger partial charge in [-0.05, 0) is 43.7 Å². The first-order valence-electron chi connectivity index (χ1n) is 7.29. The number of nitrogens with one attached hydrogen (secondary N) is 1. The van der Waals surface area contributed by atoms with E-state index in [1.807, 2.05) is 0 Å². The van der Waals surface area contributed by atoms with Gasteiger partial charge in [-0.3, -0.25) is 9.48 Å². The van der Waals surface area contributed by atoms with Crippen LogP contribution in [-0.4, -0.2) is 15.7 Å². The highest BCUT2D eigenvalue weighted by Gasteiger charge is 2.27. The molecule has 0 spiro atoms. The number of amides is 1. The number of hydrogen-bond donors (Lipinski definition) is 1. The Labute approximate surface area is 113 Å². The monoisotopic (exact) mass is 259 g/mol. The van der Waals surface area contributed by atoms with E-state index in [9.17, 15) is 4.79 Å². The Balaban J connectivity index is 1.82. The van der Waals surface area contributed by atoms with Gasteiger partial charge in [0.1, 0.15) is 0 Å². The Bertz CT molecular complexity index is 486. The van der Waals surface area contributed by atoms with Crippen molar-refractivity contribution in [2.75, 3.05) is 0 Å². The van der Waals surface area contributed by atoms with Crippen LogP contribution >= 0.6 is 0 Å². The van der Waals surface area contributed by atoms with Crippen molar-refractivity contribution < 1.29 is 4.79 Å². The summed E-state index contributed by atoms with van der Waals surface area (Å²) in [6.45, 7) is 3.51. The molecule has 0 saturated heterocycles. The zero-order valence-corrected chi connectivity index (χ0v) is 11.3. The number of aryl methyl sites for hydroxylation is 1. The number of carbonyl (C=O) groups is 1. The fourth-order valence-electron chi connectivity index (χ4n) is 3.29. The van der Waals surface area contributed by atoms with Crippen molar-refractivity contribution in [1.29, 1.82) is 0 Å². The molecular formula is C15H21N3O. The fourth-order valence-corrected chi connectivity index (χ4v) is 3.29. The van der Waals surface area contributed by atoms with Gasteiger partial charge in [-0.25, -0.2) is 0 Å². The average Bonchev–Trinajstić information content (AvgIpc) is 3.07. The normalized spacial score (nSPS) is 23.1. The van der Waals surface area contributed by atoms with Crippen LogP contribution < -0.4 is 5.32 Å². The Kier molecular flexibility index (Phi) is 3.40. The molecule has 19 heavy (non-hydrogen) atoms. The molecule has 0 radical (unpaired) electrons. The van der Waals surface area contributed by atoms with E-state index in [4.69, 9.17) is 5.10 Å². The zero-order valence-electron chi connectivity index (χ0n) is 11.3. The molecule has 2 aliphatic rings. The number of carbonyl (C=O) groups excluding carboxylic acids is 1. The van der Waals surface area contributed by atoms with Gasteiger partial charge in [0.2, 0.25) is 5.91 Å². The van der Waals surface area contributed by atoms with Gasteiger partial charge in [0.15, 0.2) is 0 Å². The standard InChI is InChI=1S/C15H21N3O/c1-2-14(19)16-13-9-5-6-11-10-18(17-15(11)13)12-7-3-4-8-12/h2,10,12-13H,1,3-9H2,(H,16,19)/t13-/m1/s1. The summed E-state index contributed by atoms with van der Waals surface area (Å²) in [5, 5.41) is 7.77. The van der Waals surface area contributed by atoms with Crippen LogP contribution in [0.1, 0.15) is 61.9 Å². The lowest BCUT2D eigenvalue weighted by atomic mass is 9.94. The summed E-state index contributed by atoms with van der Waals surface area (Å²) in [6, 6.07) is 0.637. The van der Waals surface area contributed by atoms with Crippen LogP contribution in [0, 0.1) is 0 Å². The molecule has 0 unspecified atom stereocenters. The van der Waals surface area contributed by atoms with Crippen molar-refractivity contribution in [3.63, 3.8) is 0 Å². The van der Waals surface area contributed by atoms with Gasteiger partial charge in [0, 0.05) is 6.20 Å². The molecule has 3 rings (SSSR count). The van der Waals surface area contributed by atoms with E-state index in [2.05, 4.69) is 22.8 Å². The van der Waals surface area contributed by atoms with E-state index in [0.717, 1.165) is 25.0 Å². The van der Waals surface area contributed by atoms with Crippen LogP contribution in [0.3, 0.4) is 0 Å². The molecule has 1 fully saturated rings. The summed E-state index contributed by atoms with van der Waals surface area (Å²) in [5.41, 5.74) is 2.39. The van der Waals surface area contributed by atoms with Crippen molar-refractivity contribution in [3.05, 3.63) is 30.1 Å². The topological polar surface area (TPSA) is 46.9 Å². The number of hydrogen-bond acceptors (Lipinski definition) is 2. The molecular weight excluding hydrogens is 238 g/mol. The van der Waals surface area contributed by atoms with Gasteiger partial charge >= 0.3 is 0 Å². The summed E-state index contributed by atoms with van der Waals surface area (Å²) >= 11 is 0. The largest absolute Gasteiger partial charge is 0.344 e. The van der Waals surface area contributed by atoms with Crippen molar-refractivity contribution >= 4 is 5.91 Å². The van der Waals surface area contributed by atoms with Gasteiger partial charge in [0.25, 0.3) is 0 Å². The minimum absolute atomic E-state index is 0.0666. The summed E-state index contributed by atoms with van der Waals surface area (Å²) in [5.74, 6) is -0.103. The molecule has 1 aromatic rings. The number of fused-ring (bicyclic) bond motifs is 1. The predicted octanol–water partition coefficient (Wildman–Crippen LogP) is 2.68. The highest BCUT2D eigenvalue weighted by molar-refractivity contribution is 5.87. The van der Waals surface area contributed by atoms with E-state index < -0.39 is 0 Å². The second-order valence-electron chi connectivity index (χ2n) is 5.62. The molecule has 4 nitrogen and oxygen atoms in total. The van der Waals surface area contributed by atoms with E-state index in [0.29, 0.717) is 6.04 Å². The Hall–Kier alpha value is -1.58. The van der Waals surface area contributed by atoms with Gasteiger partial charge in [-0.1, -0.05) is 19.4 Å². The molecule has 1 heterocycles. The lowest BCUT2D eigenvalue weighted by Gasteiger charge is -2.21. The van der Waals surface area contributed by atoms with Crippen molar-refractivity contribution in [1.82, 2.24) is 15.1 Å². The maximum atomic E-state index is 11.5. The molecule has 2 aliphatic carbocycles. The second-order valence-corrected chi connectivity index (χ2v) is 5.62. The lowest BCUT2D eigenvalue weighted by Crippen LogP contribution is -2.29. The predicted molar refractivity (Wildman–Crippen MR) is 73.8 cm³/mol. The number of rotatable bonds is 3. The van der Waals surface area contributed by atoms with Gasteiger partial charge in [-0.15, -0.1) is 0 Å². The van der Waals surface area contributed by atoms with E-state index in [1.54, 1.807) is 0 Å². The van der Waals surface area contributed by atoms with Gasteiger partial charge < -0.3 is 5.32 Å². The molecule has 0 aromatic carbocycles. The molecule has 1 N–H and O–H groups in total. The third-order valence-electron chi connectivity index (χ3n) is 4.31. The van der Waals surface area contributed by atoms with Crippen LogP contribution in [0.15, 0.2) is 18.9 Å². The van der Waals surface area contributed by atoms with E-state index in [1.165, 1.54) is 37.3 Å². The van der Waals surface area contributed by atoms with Crippen molar-refractivity contribution in [2.45, 2.75) is 57.0 Å². The molecule has 0 aliphatic heterocycles. The number of aromatic nitrogens is 2. The quantitative estimate of drug-likeness (QED) is 0.848. The van der Waals surface area contributed by atoms with E-state index in [-0.39, 0.29) is 11.9 Å². The maximum Gasteiger partial charge on any atom is 0.243 e. The van der Waals surface area contributed by atoms with Crippen LogP contribution in [0.2, 0.25) is 0 Å². The SMILES string of the molecule is C=CC(=O)N[C@@H]1CCCc2cn(C3CCCC3)nc21. The third-order valence-corrected chi connectivity index (χ3v) is 4.31. The van der Waals surface area contributed by atoms with Crippen LogP contribution in [-0.2, 0) is 11.2 Å². The molecule has 0 bridgehead atoms. The summed E-state index contributed by atoms with van der Waals surface area (Å²) in [4.78, 5) is 11.5. The van der Waals surface area contributed by atoms with Crippen LogP contribution in [0.5, 0.6) is 0 Å². The maximum absolute atomic E-state index is 11.5. The average molecular weight is 259 g/mol. The second kappa shape index (κ2) is 5.19.